The van der Waals surface area contributed by atoms with E-state index in [-0.39, 0.29) is 12.2 Å². The lowest BCUT2D eigenvalue weighted by Gasteiger charge is -2.23. The Morgan fingerprint density at radius 1 is 1.16 bits per heavy atom. The second-order valence-corrected chi connectivity index (χ2v) is 11.4. The topological polar surface area (TPSA) is 68.8 Å². The average molecular weight is 547 g/mol. The van der Waals surface area contributed by atoms with Crippen LogP contribution in [-0.4, -0.2) is 35.8 Å². The Hall–Kier alpha value is -3.69. The van der Waals surface area contributed by atoms with Crippen molar-refractivity contribution >= 4 is 40.4 Å². The van der Waals surface area contributed by atoms with Crippen LogP contribution in [-0.2, 0) is 9.53 Å². The third-order valence-electron chi connectivity index (χ3n) is 6.71. The highest BCUT2D eigenvalue weighted by molar-refractivity contribution is 7.10. The Kier molecular flexibility index (Phi) is 6.98. The molecule has 0 radical (unpaired) electrons. The van der Waals surface area contributed by atoms with E-state index in [9.17, 15) is 9.59 Å². The molecule has 1 aliphatic rings. The second-order valence-electron chi connectivity index (χ2n) is 9.39. The van der Waals surface area contributed by atoms with Crippen molar-refractivity contribution in [2.24, 2.45) is 4.99 Å². The summed E-state index contributed by atoms with van der Waals surface area (Å²) in [7, 11) is 4.05. The molecule has 0 bridgehead atoms. The lowest BCUT2D eigenvalue weighted by molar-refractivity contribution is -0.139. The maximum Gasteiger partial charge on any atom is 0.338 e. The van der Waals surface area contributed by atoms with Crippen LogP contribution in [0.4, 0.5) is 5.69 Å². The Balaban J connectivity index is 1.63. The summed E-state index contributed by atoms with van der Waals surface area (Å²) in [6.45, 7) is 7.96. The standard InChI is InChI=1S/C29H30N4O3S2/c1-7-36-28(35)25-18(3)30-29-33(26(25)23-9-8-14-37-23)27(34)24(38-29)16-20-15-17(2)32(19(20)4)22-12-10-21(11-13-22)31(5)6/h8-16,26H,7H2,1-6H3/b24-16+/t26-/m0/s1. The number of hydrogen-bond donors (Lipinski definition) is 0. The Morgan fingerprint density at radius 3 is 2.53 bits per heavy atom. The van der Waals surface area contributed by atoms with Gasteiger partial charge in [-0.1, -0.05) is 17.4 Å². The molecule has 0 saturated heterocycles. The predicted molar refractivity (Wildman–Crippen MR) is 154 cm³/mol. The van der Waals surface area contributed by atoms with Crippen LogP contribution >= 0.6 is 22.7 Å². The quantitative estimate of drug-likeness (QED) is 0.338. The maximum absolute atomic E-state index is 13.8. The largest absolute Gasteiger partial charge is 0.463 e. The number of nitrogens with zero attached hydrogens (tertiary/aromatic N) is 4. The molecule has 0 fully saturated rings. The van der Waals surface area contributed by atoms with Gasteiger partial charge in [0.25, 0.3) is 5.56 Å². The van der Waals surface area contributed by atoms with Gasteiger partial charge >= 0.3 is 5.97 Å². The summed E-state index contributed by atoms with van der Waals surface area (Å²) in [5.41, 5.74) is 6.12. The number of aromatic nitrogens is 2. The fraction of sp³-hybridized carbons (Fsp3) is 0.276. The van der Waals surface area contributed by atoms with Crippen LogP contribution in [0.1, 0.15) is 41.7 Å². The van der Waals surface area contributed by atoms with E-state index in [4.69, 9.17) is 4.74 Å². The first-order valence-electron chi connectivity index (χ1n) is 12.4. The van der Waals surface area contributed by atoms with Gasteiger partial charge in [0, 0.05) is 41.7 Å². The van der Waals surface area contributed by atoms with Crippen molar-refractivity contribution in [1.29, 1.82) is 0 Å². The normalized spacial score (nSPS) is 15.4. The van der Waals surface area contributed by atoms with E-state index in [1.54, 1.807) is 18.4 Å². The number of esters is 1. The summed E-state index contributed by atoms with van der Waals surface area (Å²) >= 11 is 2.85. The zero-order valence-electron chi connectivity index (χ0n) is 22.3. The molecule has 0 N–H and O–H groups in total. The minimum absolute atomic E-state index is 0.165. The number of fused-ring (bicyclic) bond motifs is 1. The Morgan fingerprint density at radius 2 is 1.89 bits per heavy atom. The lowest BCUT2D eigenvalue weighted by Crippen LogP contribution is -2.39. The van der Waals surface area contributed by atoms with Crippen molar-refractivity contribution in [3.63, 3.8) is 0 Å². The fourth-order valence-electron chi connectivity index (χ4n) is 4.88. The SMILES string of the molecule is CCOC(=O)C1=C(C)N=c2s/c(=C/c3cc(C)n(-c4ccc(N(C)C)cc4)c3C)c(=O)n2[C@H]1c1cccs1. The molecule has 38 heavy (non-hydrogen) atoms. The molecule has 0 spiro atoms. The molecule has 0 amide bonds. The number of ether oxygens (including phenoxy) is 1. The molecule has 1 atom stereocenters. The molecular formula is C29H30N4O3S2. The summed E-state index contributed by atoms with van der Waals surface area (Å²) in [5, 5.41) is 1.95. The average Bonchev–Trinajstić information content (AvgIpc) is 3.58. The summed E-state index contributed by atoms with van der Waals surface area (Å²) in [6.07, 6.45) is 1.94. The number of carbonyl (C=O) groups is 1. The van der Waals surface area contributed by atoms with Gasteiger partial charge in [-0.15, -0.1) is 11.3 Å². The summed E-state index contributed by atoms with van der Waals surface area (Å²) in [4.78, 5) is 35.0. The van der Waals surface area contributed by atoms with Crippen LogP contribution in [0.2, 0.25) is 0 Å². The number of aryl methyl sites for hydroxylation is 1. The zero-order chi connectivity index (χ0) is 27.1. The number of hydrogen-bond acceptors (Lipinski definition) is 7. The van der Waals surface area contributed by atoms with Crippen molar-refractivity contribution in [2.75, 3.05) is 25.6 Å². The van der Waals surface area contributed by atoms with Gasteiger partial charge in [0.2, 0.25) is 0 Å². The molecule has 0 unspecified atom stereocenters. The number of anilines is 1. The Bertz CT molecular complexity index is 1720. The zero-order valence-corrected chi connectivity index (χ0v) is 23.9. The van der Waals surface area contributed by atoms with E-state index < -0.39 is 12.0 Å². The van der Waals surface area contributed by atoms with E-state index in [0.29, 0.717) is 20.6 Å². The summed E-state index contributed by atoms with van der Waals surface area (Å²) in [5.74, 6) is -0.440. The van der Waals surface area contributed by atoms with Crippen LogP contribution in [0.5, 0.6) is 0 Å². The van der Waals surface area contributed by atoms with Gasteiger partial charge < -0.3 is 14.2 Å². The minimum Gasteiger partial charge on any atom is -0.463 e. The molecule has 5 rings (SSSR count). The van der Waals surface area contributed by atoms with Crippen molar-refractivity contribution in [1.82, 2.24) is 9.13 Å². The van der Waals surface area contributed by atoms with Crippen molar-refractivity contribution in [3.05, 3.63) is 101 Å². The number of thiophene rings is 1. The van der Waals surface area contributed by atoms with Gasteiger partial charge in [0.1, 0.15) is 6.04 Å². The van der Waals surface area contributed by atoms with Gasteiger partial charge in [-0.25, -0.2) is 9.79 Å². The molecule has 7 nitrogen and oxygen atoms in total. The van der Waals surface area contributed by atoms with Crippen LogP contribution in [0.15, 0.2) is 68.9 Å². The molecule has 4 aromatic rings. The number of allylic oxidation sites excluding steroid dienone is 1. The van der Waals surface area contributed by atoms with Crippen molar-refractivity contribution in [2.45, 2.75) is 33.7 Å². The van der Waals surface area contributed by atoms with Crippen LogP contribution in [0.25, 0.3) is 11.8 Å². The van der Waals surface area contributed by atoms with Crippen LogP contribution in [0, 0.1) is 13.8 Å². The molecule has 0 saturated carbocycles. The number of benzene rings is 1. The summed E-state index contributed by atoms with van der Waals surface area (Å²) < 4.78 is 9.76. The molecule has 1 aromatic carbocycles. The molecule has 1 aliphatic heterocycles. The first-order valence-corrected chi connectivity index (χ1v) is 14.1. The van der Waals surface area contributed by atoms with Crippen LogP contribution < -0.4 is 19.8 Å². The first-order chi connectivity index (χ1) is 18.2. The highest BCUT2D eigenvalue weighted by atomic mass is 32.1. The van der Waals surface area contributed by atoms with Crippen molar-refractivity contribution < 1.29 is 9.53 Å². The van der Waals surface area contributed by atoms with E-state index in [2.05, 4.69) is 58.6 Å². The molecule has 0 aliphatic carbocycles. The van der Waals surface area contributed by atoms with Gasteiger partial charge in [-0.05, 0) is 81.1 Å². The molecule has 196 valence electrons. The van der Waals surface area contributed by atoms with Gasteiger partial charge in [0.05, 0.1) is 22.4 Å². The minimum atomic E-state index is -0.560. The third-order valence-corrected chi connectivity index (χ3v) is 8.62. The second kappa shape index (κ2) is 10.2. The third kappa shape index (κ3) is 4.46. The molecular weight excluding hydrogens is 516 g/mol. The lowest BCUT2D eigenvalue weighted by atomic mass is 10.0. The van der Waals surface area contributed by atoms with E-state index in [1.165, 1.54) is 22.7 Å². The Labute approximate surface area is 229 Å². The monoisotopic (exact) mass is 546 g/mol. The van der Waals surface area contributed by atoms with Gasteiger partial charge in [-0.3, -0.25) is 9.36 Å². The maximum atomic E-state index is 13.8. The highest BCUT2D eigenvalue weighted by Gasteiger charge is 2.33. The number of carbonyl (C=O) groups excluding carboxylic acids is 1. The molecule has 3 aromatic heterocycles. The molecule has 4 heterocycles. The first kappa shape index (κ1) is 25.9. The van der Waals surface area contributed by atoms with Crippen LogP contribution in [0.3, 0.4) is 0 Å². The number of thiazole rings is 1. The van der Waals surface area contributed by atoms with E-state index in [0.717, 1.165) is 33.2 Å². The molecule has 9 heteroatoms. The highest BCUT2D eigenvalue weighted by Crippen LogP contribution is 2.33. The number of rotatable bonds is 6. The smallest absolute Gasteiger partial charge is 0.338 e. The van der Waals surface area contributed by atoms with E-state index >= 15 is 0 Å². The van der Waals surface area contributed by atoms with Gasteiger partial charge in [0.15, 0.2) is 4.80 Å². The van der Waals surface area contributed by atoms with Crippen molar-refractivity contribution in [3.8, 4) is 5.69 Å². The predicted octanol–water partition coefficient (Wildman–Crippen LogP) is 4.33. The fourth-order valence-corrected chi connectivity index (χ4v) is 6.74. The van der Waals surface area contributed by atoms with Gasteiger partial charge in [-0.2, -0.15) is 0 Å². The van der Waals surface area contributed by atoms with E-state index in [1.807, 2.05) is 37.7 Å². The summed E-state index contributed by atoms with van der Waals surface area (Å²) in [6, 6.07) is 13.8.